The fourth-order valence-electron chi connectivity index (χ4n) is 1.84. The van der Waals surface area contributed by atoms with Crippen molar-refractivity contribution in [2.45, 2.75) is 19.8 Å². The number of hydrogen-bond acceptors (Lipinski definition) is 1. The monoisotopic (exact) mass is 232 g/mol. The molecule has 1 aliphatic rings. The topological polar surface area (TPSA) is 17.1 Å². The molecule has 0 unspecified atom stereocenters. The molecule has 0 N–H and O–H groups in total. The van der Waals surface area contributed by atoms with Gasteiger partial charge in [-0.2, -0.15) is 0 Å². The van der Waals surface area contributed by atoms with Gasteiger partial charge in [-0.1, -0.05) is 47.0 Å². The number of ketones is 1. The molecule has 0 aromatic heterocycles. The minimum atomic E-state index is 0.0972. The molecular weight excluding hydrogens is 220 g/mol. The van der Waals surface area contributed by atoms with E-state index in [0.717, 1.165) is 6.42 Å². The molecule has 1 aromatic rings. The molecule has 0 bridgehead atoms. The van der Waals surface area contributed by atoms with Crippen molar-refractivity contribution < 1.29 is 4.79 Å². The van der Waals surface area contributed by atoms with Crippen LogP contribution in [0.3, 0.4) is 0 Å². The lowest BCUT2D eigenvalue weighted by Gasteiger charge is -2.03. The number of hydrogen-bond donors (Lipinski definition) is 0. The molecule has 2 heteroatoms. The highest BCUT2D eigenvalue weighted by Crippen LogP contribution is 2.24. The minimum absolute atomic E-state index is 0.0972. The van der Waals surface area contributed by atoms with Crippen LogP contribution in [0.2, 0.25) is 5.02 Å². The number of rotatable bonds is 3. The molecule has 0 atom stereocenters. The highest BCUT2D eigenvalue weighted by atomic mass is 35.5. The second-order valence-corrected chi connectivity index (χ2v) is 4.44. The zero-order valence-electron chi connectivity index (χ0n) is 9.16. The molecule has 2 rings (SSSR count). The SMILES string of the molecule is CC1=CCC(CC(=O)c2ccccc2Cl)=C1. The van der Waals surface area contributed by atoms with Crippen LogP contribution in [-0.2, 0) is 0 Å². The molecular formula is C14H13ClO. The fourth-order valence-corrected chi connectivity index (χ4v) is 2.09. The molecule has 16 heavy (non-hydrogen) atoms. The van der Waals surface area contributed by atoms with Crippen LogP contribution >= 0.6 is 11.6 Å². The Labute approximate surface area is 100 Å². The fraction of sp³-hybridized carbons (Fsp3) is 0.214. The molecule has 0 aliphatic heterocycles. The first-order valence-corrected chi connectivity index (χ1v) is 5.68. The third kappa shape index (κ3) is 2.42. The maximum absolute atomic E-state index is 12.0. The van der Waals surface area contributed by atoms with E-state index in [2.05, 4.69) is 12.2 Å². The second-order valence-electron chi connectivity index (χ2n) is 4.03. The Bertz CT molecular complexity index is 483. The van der Waals surface area contributed by atoms with Crippen molar-refractivity contribution in [2.24, 2.45) is 0 Å². The van der Waals surface area contributed by atoms with Crippen molar-refractivity contribution in [1.82, 2.24) is 0 Å². The molecule has 0 heterocycles. The summed E-state index contributed by atoms with van der Waals surface area (Å²) in [5.74, 6) is 0.0972. The van der Waals surface area contributed by atoms with E-state index in [1.54, 1.807) is 12.1 Å². The quantitative estimate of drug-likeness (QED) is 0.715. The van der Waals surface area contributed by atoms with Gasteiger partial charge in [0.05, 0.1) is 5.02 Å². The third-order valence-corrected chi connectivity index (χ3v) is 3.01. The maximum Gasteiger partial charge on any atom is 0.168 e. The summed E-state index contributed by atoms with van der Waals surface area (Å²) >= 11 is 5.98. The van der Waals surface area contributed by atoms with E-state index >= 15 is 0 Å². The first-order valence-electron chi connectivity index (χ1n) is 5.31. The predicted molar refractivity (Wildman–Crippen MR) is 66.9 cm³/mol. The Hall–Kier alpha value is -1.34. The van der Waals surface area contributed by atoms with Gasteiger partial charge in [-0.25, -0.2) is 0 Å². The number of benzene rings is 1. The lowest BCUT2D eigenvalue weighted by molar-refractivity contribution is 0.0992. The van der Waals surface area contributed by atoms with Gasteiger partial charge in [-0.3, -0.25) is 4.79 Å². The molecule has 0 radical (unpaired) electrons. The summed E-state index contributed by atoms with van der Waals surface area (Å²) in [6, 6.07) is 7.20. The number of carbonyl (C=O) groups is 1. The first-order chi connectivity index (χ1) is 7.66. The van der Waals surface area contributed by atoms with Crippen molar-refractivity contribution in [3.8, 4) is 0 Å². The summed E-state index contributed by atoms with van der Waals surface area (Å²) in [4.78, 5) is 12.0. The lowest BCUT2D eigenvalue weighted by atomic mass is 10.0. The summed E-state index contributed by atoms with van der Waals surface area (Å²) in [6.45, 7) is 2.05. The van der Waals surface area contributed by atoms with Gasteiger partial charge in [0.15, 0.2) is 5.78 Å². The molecule has 1 aromatic carbocycles. The molecule has 0 spiro atoms. The minimum Gasteiger partial charge on any atom is -0.294 e. The van der Waals surface area contributed by atoms with Gasteiger partial charge < -0.3 is 0 Å². The zero-order chi connectivity index (χ0) is 11.5. The van der Waals surface area contributed by atoms with Gasteiger partial charge >= 0.3 is 0 Å². The summed E-state index contributed by atoms with van der Waals surface area (Å²) < 4.78 is 0. The van der Waals surface area contributed by atoms with Crippen LogP contribution in [0.1, 0.15) is 30.1 Å². The van der Waals surface area contributed by atoms with Crippen LogP contribution in [0.4, 0.5) is 0 Å². The summed E-state index contributed by atoms with van der Waals surface area (Å²) in [5.41, 5.74) is 3.03. The molecule has 0 saturated carbocycles. The van der Waals surface area contributed by atoms with Crippen LogP contribution in [0.5, 0.6) is 0 Å². The first kappa shape index (κ1) is 11.2. The Kier molecular flexibility index (Phi) is 3.25. The van der Waals surface area contributed by atoms with Crippen molar-refractivity contribution >= 4 is 17.4 Å². The normalized spacial score (nSPS) is 14.6. The largest absolute Gasteiger partial charge is 0.294 e. The highest BCUT2D eigenvalue weighted by Gasteiger charge is 2.13. The van der Waals surface area contributed by atoms with E-state index in [9.17, 15) is 4.79 Å². The number of halogens is 1. The van der Waals surface area contributed by atoms with Crippen molar-refractivity contribution in [2.75, 3.05) is 0 Å². The van der Waals surface area contributed by atoms with Gasteiger partial charge in [0, 0.05) is 12.0 Å². The van der Waals surface area contributed by atoms with E-state index in [0.29, 0.717) is 17.0 Å². The van der Waals surface area contributed by atoms with Crippen molar-refractivity contribution in [3.05, 3.63) is 58.1 Å². The Morgan fingerprint density at radius 1 is 1.38 bits per heavy atom. The zero-order valence-corrected chi connectivity index (χ0v) is 9.92. The molecule has 0 amide bonds. The van der Waals surface area contributed by atoms with E-state index in [-0.39, 0.29) is 5.78 Å². The molecule has 0 fully saturated rings. The Balaban J connectivity index is 2.10. The van der Waals surface area contributed by atoms with Crippen molar-refractivity contribution in [1.29, 1.82) is 0 Å². The van der Waals surface area contributed by atoms with Gasteiger partial charge in [0.1, 0.15) is 0 Å². The molecule has 1 nitrogen and oxygen atoms in total. The molecule has 0 saturated heterocycles. The smallest absolute Gasteiger partial charge is 0.168 e. The van der Waals surface area contributed by atoms with E-state index in [4.69, 9.17) is 11.6 Å². The lowest BCUT2D eigenvalue weighted by Crippen LogP contribution is -2.00. The van der Waals surface area contributed by atoms with Crippen LogP contribution in [0.15, 0.2) is 47.6 Å². The van der Waals surface area contributed by atoms with Crippen LogP contribution in [0.25, 0.3) is 0 Å². The molecule has 1 aliphatic carbocycles. The number of allylic oxidation sites excluding steroid dienone is 4. The average molecular weight is 233 g/mol. The number of carbonyl (C=O) groups excluding carboxylic acids is 1. The summed E-state index contributed by atoms with van der Waals surface area (Å²) in [6.07, 6.45) is 5.57. The Morgan fingerprint density at radius 2 is 2.12 bits per heavy atom. The second kappa shape index (κ2) is 4.67. The predicted octanol–water partition coefficient (Wildman–Crippen LogP) is 4.19. The van der Waals surface area contributed by atoms with E-state index in [1.807, 2.05) is 19.1 Å². The third-order valence-electron chi connectivity index (χ3n) is 2.68. The van der Waals surface area contributed by atoms with Gasteiger partial charge in [-0.15, -0.1) is 0 Å². The van der Waals surface area contributed by atoms with Gasteiger partial charge in [0.25, 0.3) is 0 Å². The maximum atomic E-state index is 12.0. The molecule has 82 valence electrons. The van der Waals surface area contributed by atoms with Crippen LogP contribution < -0.4 is 0 Å². The van der Waals surface area contributed by atoms with Gasteiger partial charge in [-0.05, 0) is 25.5 Å². The van der Waals surface area contributed by atoms with E-state index < -0.39 is 0 Å². The average Bonchev–Trinajstić information content (AvgIpc) is 2.64. The summed E-state index contributed by atoms with van der Waals surface area (Å²) in [5, 5.41) is 0.538. The summed E-state index contributed by atoms with van der Waals surface area (Å²) in [7, 11) is 0. The van der Waals surface area contributed by atoms with Crippen molar-refractivity contribution in [3.63, 3.8) is 0 Å². The standard InChI is InChI=1S/C14H13ClO/c1-10-6-7-11(8-10)9-14(16)12-4-2-3-5-13(12)15/h2-6,8H,7,9H2,1H3. The van der Waals surface area contributed by atoms with E-state index in [1.165, 1.54) is 11.1 Å². The number of Topliss-reactive ketones (excluding diaryl/α,β-unsaturated/α-hetero) is 1. The Morgan fingerprint density at radius 3 is 2.75 bits per heavy atom. The highest BCUT2D eigenvalue weighted by molar-refractivity contribution is 6.34. The van der Waals surface area contributed by atoms with Crippen LogP contribution in [-0.4, -0.2) is 5.78 Å². The van der Waals surface area contributed by atoms with Crippen LogP contribution in [0, 0.1) is 0 Å². The van der Waals surface area contributed by atoms with Gasteiger partial charge in [0.2, 0.25) is 0 Å².